The lowest BCUT2D eigenvalue weighted by molar-refractivity contribution is -0.118. The number of benzene rings is 2. The van der Waals surface area contributed by atoms with Gasteiger partial charge in [0.15, 0.2) is 15.7 Å². The molecule has 36 heavy (non-hydrogen) atoms. The summed E-state index contributed by atoms with van der Waals surface area (Å²) in [5, 5.41) is 3.48. The lowest BCUT2D eigenvalue weighted by Gasteiger charge is -2.21. The monoisotopic (exact) mass is 522 g/mol. The average molecular weight is 523 g/mol. The molecule has 7 nitrogen and oxygen atoms in total. The lowest BCUT2D eigenvalue weighted by Crippen LogP contribution is -2.24. The Labute approximate surface area is 215 Å². The Morgan fingerprint density at radius 1 is 1.08 bits per heavy atom. The Bertz CT molecular complexity index is 1480. The van der Waals surface area contributed by atoms with Crippen molar-refractivity contribution in [2.75, 3.05) is 10.5 Å². The van der Waals surface area contributed by atoms with Crippen LogP contribution in [0.2, 0.25) is 0 Å². The number of H-pyrrole nitrogens is 1. The molecule has 4 aromatic rings. The van der Waals surface area contributed by atoms with Crippen LogP contribution >= 0.6 is 11.6 Å². The third-order valence-electron chi connectivity index (χ3n) is 6.88. The van der Waals surface area contributed by atoms with Crippen molar-refractivity contribution in [1.82, 2.24) is 15.0 Å². The van der Waals surface area contributed by atoms with Crippen molar-refractivity contribution in [3.8, 4) is 11.3 Å². The maximum absolute atomic E-state index is 13.4. The van der Waals surface area contributed by atoms with Crippen molar-refractivity contribution in [2.24, 2.45) is 5.92 Å². The summed E-state index contributed by atoms with van der Waals surface area (Å²) in [7, 11) is -3.60. The number of hydrogen-bond donors (Lipinski definition) is 2. The summed E-state index contributed by atoms with van der Waals surface area (Å²) < 4.78 is 24.7. The first kappa shape index (κ1) is 24.5. The second-order valence-corrected chi connectivity index (χ2v) is 11.9. The molecule has 186 valence electrons. The summed E-state index contributed by atoms with van der Waals surface area (Å²) in [4.78, 5) is 25.7. The van der Waals surface area contributed by atoms with Crippen LogP contribution in [0, 0.1) is 5.92 Å². The number of nitrogens with one attached hydrogen (secondary N) is 2. The quantitative estimate of drug-likeness (QED) is 0.280. The third kappa shape index (κ3) is 5.29. The number of amides is 1. The highest BCUT2D eigenvalue weighted by molar-refractivity contribution is 7.92. The van der Waals surface area contributed by atoms with Crippen LogP contribution < -0.4 is 5.32 Å². The van der Waals surface area contributed by atoms with Crippen LogP contribution in [-0.2, 0) is 14.6 Å². The van der Waals surface area contributed by atoms with Crippen LogP contribution in [0.3, 0.4) is 0 Å². The van der Waals surface area contributed by atoms with Gasteiger partial charge in [0, 0.05) is 22.7 Å². The fraction of sp³-hybridized carbons (Fsp3) is 0.296. The highest BCUT2D eigenvalue weighted by atomic mass is 35.5. The molecule has 2 aromatic heterocycles. The highest BCUT2D eigenvalue weighted by Crippen LogP contribution is 2.35. The van der Waals surface area contributed by atoms with E-state index in [1.54, 1.807) is 30.6 Å². The Balaban J connectivity index is 1.37. The molecule has 1 aliphatic rings. The molecule has 0 bridgehead atoms. The van der Waals surface area contributed by atoms with Gasteiger partial charge < -0.3 is 10.3 Å². The molecule has 5 rings (SSSR count). The Morgan fingerprint density at radius 3 is 2.67 bits per heavy atom. The third-order valence-corrected chi connectivity index (χ3v) is 9.00. The van der Waals surface area contributed by atoms with Gasteiger partial charge in [-0.2, -0.15) is 0 Å². The van der Waals surface area contributed by atoms with Crippen molar-refractivity contribution in [2.45, 2.75) is 42.9 Å². The van der Waals surface area contributed by atoms with Crippen LogP contribution in [0.25, 0.3) is 22.2 Å². The summed E-state index contributed by atoms with van der Waals surface area (Å²) in [5.41, 5.74) is 3.35. The summed E-state index contributed by atoms with van der Waals surface area (Å²) in [6.45, 7) is 0. The molecule has 1 saturated carbocycles. The van der Waals surface area contributed by atoms with Crippen LogP contribution in [0.5, 0.6) is 0 Å². The Morgan fingerprint density at radius 2 is 1.92 bits per heavy atom. The topological polar surface area (TPSA) is 105 Å². The number of alkyl halides is 1. The number of carbonyl (C=O) groups excluding carboxylic acids is 1. The summed E-state index contributed by atoms with van der Waals surface area (Å²) in [6.07, 6.45) is 10.2. The van der Waals surface area contributed by atoms with Crippen LogP contribution in [0.4, 0.5) is 5.82 Å². The molecule has 1 fully saturated rings. The normalized spacial score (nSPS) is 15.2. The molecule has 1 atom stereocenters. The second kappa shape index (κ2) is 10.4. The van der Waals surface area contributed by atoms with Gasteiger partial charge in [0.25, 0.3) is 0 Å². The standard InChI is InChI=1S/C27H27ClN4O3S/c28-17-36(34,35)22-7-3-6-19(14-22)23(12-18-4-1-2-5-18)27(33)32-26-16-30-25(15-31-26)20-8-9-24-21(13-20)10-11-29-24/h3,6-11,13-16,18,23,29H,1-2,4-5,12,17H2,(H,31,32,33)/t23-/m1/s1. The number of sulfone groups is 1. The maximum Gasteiger partial charge on any atom is 0.233 e. The maximum atomic E-state index is 13.4. The number of aromatic nitrogens is 3. The van der Waals surface area contributed by atoms with Crippen LogP contribution in [-0.4, -0.2) is 34.5 Å². The van der Waals surface area contributed by atoms with Gasteiger partial charge in [-0.05, 0) is 48.2 Å². The predicted molar refractivity (Wildman–Crippen MR) is 142 cm³/mol. The van der Waals surface area contributed by atoms with E-state index in [1.807, 2.05) is 30.5 Å². The Kier molecular flexibility index (Phi) is 7.07. The number of carbonyl (C=O) groups is 1. The van der Waals surface area contributed by atoms with E-state index in [-0.39, 0.29) is 10.8 Å². The first-order chi connectivity index (χ1) is 17.4. The first-order valence-corrected chi connectivity index (χ1v) is 14.2. The molecule has 0 radical (unpaired) electrons. The molecule has 0 aliphatic heterocycles. The van der Waals surface area contributed by atoms with Crippen molar-refractivity contribution < 1.29 is 13.2 Å². The number of nitrogens with zero attached hydrogens (tertiary/aromatic N) is 2. The minimum atomic E-state index is -3.60. The van der Waals surface area contributed by atoms with E-state index < -0.39 is 21.0 Å². The summed E-state index contributed by atoms with van der Waals surface area (Å²) >= 11 is 5.66. The largest absolute Gasteiger partial charge is 0.361 e. The zero-order chi connectivity index (χ0) is 25.1. The van der Waals surface area contributed by atoms with Crippen molar-refractivity contribution >= 4 is 44.1 Å². The van der Waals surface area contributed by atoms with Gasteiger partial charge in [-0.3, -0.25) is 9.78 Å². The van der Waals surface area contributed by atoms with E-state index in [1.165, 1.54) is 6.07 Å². The van der Waals surface area contributed by atoms with E-state index in [0.717, 1.165) is 42.1 Å². The number of hydrogen-bond acceptors (Lipinski definition) is 5. The summed E-state index contributed by atoms with van der Waals surface area (Å²) in [5.74, 6) is 0.0486. The molecule has 2 aromatic carbocycles. The number of fused-ring (bicyclic) bond motifs is 1. The fourth-order valence-electron chi connectivity index (χ4n) is 4.93. The first-order valence-electron chi connectivity index (χ1n) is 12.0. The molecule has 2 N–H and O–H groups in total. The molecule has 1 amide bonds. The van der Waals surface area contributed by atoms with Gasteiger partial charge in [0.2, 0.25) is 5.91 Å². The number of anilines is 1. The van der Waals surface area contributed by atoms with E-state index in [9.17, 15) is 13.2 Å². The minimum absolute atomic E-state index is 0.128. The lowest BCUT2D eigenvalue weighted by atomic mass is 9.87. The zero-order valence-corrected chi connectivity index (χ0v) is 21.2. The van der Waals surface area contributed by atoms with Crippen LogP contribution in [0.15, 0.2) is 72.0 Å². The molecule has 0 unspecified atom stereocenters. The Hall–Kier alpha value is -3.23. The zero-order valence-electron chi connectivity index (χ0n) is 19.7. The molecule has 2 heterocycles. The highest BCUT2D eigenvalue weighted by Gasteiger charge is 2.28. The fourth-order valence-corrected chi connectivity index (χ4v) is 6.03. The SMILES string of the molecule is O=C(Nc1cnc(-c2ccc3[nH]ccc3c2)cn1)[C@H](CC1CCCC1)c1cccc(S(=O)(=O)CCl)c1. The average Bonchev–Trinajstić information content (AvgIpc) is 3.59. The van der Waals surface area contributed by atoms with Gasteiger partial charge >= 0.3 is 0 Å². The van der Waals surface area contributed by atoms with Gasteiger partial charge in [-0.1, -0.05) is 43.9 Å². The molecular formula is C27H27ClN4O3S. The van der Waals surface area contributed by atoms with E-state index >= 15 is 0 Å². The molecule has 0 spiro atoms. The van der Waals surface area contributed by atoms with Gasteiger partial charge in [-0.15, -0.1) is 11.6 Å². The van der Waals surface area contributed by atoms with E-state index in [0.29, 0.717) is 29.4 Å². The smallest absolute Gasteiger partial charge is 0.233 e. The van der Waals surface area contributed by atoms with E-state index in [4.69, 9.17) is 11.6 Å². The van der Waals surface area contributed by atoms with Crippen molar-refractivity contribution in [3.05, 3.63) is 72.7 Å². The van der Waals surface area contributed by atoms with Gasteiger partial charge in [0.1, 0.15) is 5.21 Å². The van der Waals surface area contributed by atoms with Crippen molar-refractivity contribution in [1.29, 1.82) is 0 Å². The molecule has 9 heteroatoms. The molecule has 0 saturated heterocycles. The van der Waals surface area contributed by atoms with Gasteiger partial charge in [-0.25, -0.2) is 13.4 Å². The van der Waals surface area contributed by atoms with Gasteiger partial charge in [0.05, 0.1) is 28.9 Å². The van der Waals surface area contributed by atoms with Crippen LogP contribution in [0.1, 0.15) is 43.6 Å². The molecule has 1 aliphatic carbocycles. The predicted octanol–water partition coefficient (Wildman–Crippen LogP) is 5.90. The number of halogens is 1. The van der Waals surface area contributed by atoms with Crippen molar-refractivity contribution in [3.63, 3.8) is 0 Å². The number of aromatic amines is 1. The number of rotatable bonds is 8. The molecular weight excluding hydrogens is 496 g/mol. The second-order valence-electron chi connectivity index (χ2n) is 9.29. The van der Waals surface area contributed by atoms with E-state index in [2.05, 4.69) is 20.3 Å². The minimum Gasteiger partial charge on any atom is -0.361 e. The summed E-state index contributed by atoms with van der Waals surface area (Å²) in [6, 6.07) is 14.6.